The third-order valence-electron chi connectivity index (χ3n) is 4.68. The van der Waals surface area contributed by atoms with Gasteiger partial charge in [-0.25, -0.2) is 4.98 Å². The Bertz CT molecular complexity index is 681. The molecular formula is C18H24N6O. The summed E-state index contributed by atoms with van der Waals surface area (Å²) in [5, 5.41) is 11.0. The van der Waals surface area contributed by atoms with Crippen molar-refractivity contribution in [2.75, 3.05) is 43.4 Å². The monoisotopic (exact) mass is 340 g/mol. The van der Waals surface area contributed by atoms with E-state index in [1.54, 1.807) is 6.20 Å². The average Bonchev–Trinajstić information content (AvgIpc) is 3.40. The molecule has 0 spiro atoms. The number of hydrogen-bond acceptors (Lipinski definition) is 6. The maximum atomic E-state index is 12.2. The molecule has 0 saturated carbocycles. The minimum Gasteiger partial charge on any atom is -0.369 e. The molecule has 132 valence electrons. The minimum absolute atomic E-state index is 0.0691. The van der Waals surface area contributed by atoms with Gasteiger partial charge in [-0.15, -0.1) is 12.3 Å². The average molecular weight is 340 g/mol. The molecule has 1 aromatic rings. The van der Waals surface area contributed by atoms with E-state index in [0.717, 1.165) is 31.9 Å². The van der Waals surface area contributed by atoms with Gasteiger partial charge in [-0.05, 0) is 13.1 Å². The van der Waals surface area contributed by atoms with E-state index >= 15 is 0 Å². The molecule has 2 aliphatic heterocycles. The van der Waals surface area contributed by atoms with E-state index in [1.807, 2.05) is 12.1 Å². The molecule has 1 fully saturated rings. The molecule has 3 rings (SSSR count). The Balaban J connectivity index is 1.50. The summed E-state index contributed by atoms with van der Waals surface area (Å²) >= 11 is 0. The lowest BCUT2D eigenvalue weighted by Gasteiger charge is -2.34. The van der Waals surface area contributed by atoms with Gasteiger partial charge < -0.3 is 15.1 Å². The number of aromatic nitrogens is 1. The normalized spacial score (nSPS) is 18.6. The van der Waals surface area contributed by atoms with Crippen molar-refractivity contribution in [1.29, 1.82) is 0 Å². The van der Waals surface area contributed by atoms with Crippen LogP contribution in [0.2, 0.25) is 0 Å². The lowest BCUT2D eigenvalue weighted by atomic mass is 10.0. The summed E-state index contributed by atoms with van der Waals surface area (Å²) in [7, 11) is 2.13. The number of likely N-dealkylation sites (N-methyl/N-ethyl adjacent to an activating group) is 1. The van der Waals surface area contributed by atoms with Gasteiger partial charge in [-0.2, -0.15) is 10.2 Å². The van der Waals surface area contributed by atoms with Gasteiger partial charge >= 0.3 is 0 Å². The van der Waals surface area contributed by atoms with E-state index in [9.17, 15) is 4.79 Å². The second-order valence-electron chi connectivity index (χ2n) is 6.62. The van der Waals surface area contributed by atoms with Crippen LogP contribution in [0.5, 0.6) is 0 Å². The third-order valence-corrected chi connectivity index (χ3v) is 4.68. The molecule has 0 bridgehead atoms. The SMILES string of the molecule is C#CCCC1(CCC(=O)Nc2cc(N3CCN(C)CC3)ccn2)N=N1. The first-order valence-electron chi connectivity index (χ1n) is 8.67. The maximum Gasteiger partial charge on any atom is 0.225 e. The number of piperazine rings is 1. The largest absolute Gasteiger partial charge is 0.369 e. The first-order chi connectivity index (χ1) is 12.1. The smallest absolute Gasteiger partial charge is 0.225 e. The highest BCUT2D eigenvalue weighted by Gasteiger charge is 2.39. The van der Waals surface area contributed by atoms with Crippen LogP contribution in [0.1, 0.15) is 25.7 Å². The molecule has 0 aromatic carbocycles. The van der Waals surface area contributed by atoms with Crippen LogP contribution < -0.4 is 10.2 Å². The van der Waals surface area contributed by atoms with Gasteiger partial charge in [0.25, 0.3) is 0 Å². The molecule has 3 heterocycles. The van der Waals surface area contributed by atoms with E-state index in [1.165, 1.54) is 0 Å². The van der Waals surface area contributed by atoms with Crippen molar-refractivity contribution in [2.24, 2.45) is 10.2 Å². The van der Waals surface area contributed by atoms with Crippen molar-refractivity contribution >= 4 is 17.4 Å². The molecule has 1 amide bonds. The number of nitrogens with zero attached hydrogens (tertiary/aromatic N) is 5. The zero-order valence-corrected chi connectivity index (χ0v) is 14.6. The lowest BCUT2D eigenvalue weighted by Crippen LogP contribution is -2.44. The fraction of sp³-hybridized carbons (Fsp3) is 0.556. The second-order valence-corrected chi connectivity index (χ2v) is 6.62. The Hall–Kier alpha value is -2.46. The van der Waals surface area contributed by atoms with E-state index in [4.69, 9.17) is 6.42 Å². The van der Waals surface area contributed by atoms with Gasteiger partial charge in [0, 0.05) is 69.8 Å². The van der Waals surface area contributed by atoms with Crippen LogP contribution in [0.3, 0.4) is 0 Å². The predicted molar refractivity (Wildman–Crippen MR) is 97.5 cm³/mol. The zero-order chi connectivity index (χ0) is 17.7. The first kappa shape index (κ1) is 17.4. The number of terminal acetylenes is 1. The molecule has 2 aliphatic rings. The number of nitrogens with one attached hydrogen (secondary N) is 1. The minimum atomic E-state index is -0.418. The van der Waals surface area contributed by atoms with Crippen LogP contribution in [0.15, 0.2) is 28.6 Å². The van der Waals surface area contributed by atoms with Gasteiger partial charge in [0.1, 0.15) is 5.82 Å². The van der Waals surface area contributed by atoms with Crippen molar-refractivity contribution in [3.8, 4) is 12.3 Å². The van der Waals surface area contributed by atoms with Gasteiger partial charge in [0.15, 0.2) is 5.66 Å². The number of rotatable bonds is 7. The van der Waals surface area contributed by atoms with Gasteiger partial charge in [-0.3, -0.25) is 4.79 Å². The van der Waals surface area contributed by atoms with Crippen molar-refractivity contribution < 1.29 is 4.79 Å². The zero-order valence-electron chi connectivity index (χ0n) is 14.6. The van der Waals surface area contributed by atoms with Gasteiger partial charge in [-0.1, -0.05) is 0 Å². The van der Waals surface area contributed by atoms with Crippen LogP contribution in [-0.4, -0.2) is 54.7 Å². The fourth-order valence-electron chi connectivity index (χ4n) is 2.94. The summed E-state index contributed by atoms with van der Waals surface area (Å²) in [5.74, 6) is 3.11. The summed E-state index contributed by atoms with van der Waals surface area (Å²) in [6.07, 6.45) is 9.32. The van der Waals surface area contributed by atoms with Crippen molar-refractivity contribution in [2.45, 2.75) is 31.3 Å². The quantitative estimate of drug-likeness (QED) is 0.772. The highest BCUT2D eigenvalue weighted by atomic mass is 16.1. The van der Waals surface area contributed by atoms with Crippen LogP contribution in [-0.2, 0) is 4.79 Å². The number of pyridine rings is 1. The summed E-state index contributed by atoms with van der Waals surface area (Å²) in [6, 6.07) is 3.92. The van der Waals surface area contributed by atoms with E-state index in [0.29, 0.717) is 31.5 Å². The van der Waals surface area contributed by atoms with Gasteiger partial charge in [0.05, 0.1) is 0 Å². The summed E-state index contributed by atoms with van der Waals surface area (Å²) in [5.41, 5.74) is 0.676. The standard InChI is InChI=1S/C18H24N6O/c1-3-4-7-18(21-22-18)8-5-17(25)20-16-14-15(6-9-19-16)24-12-10-23(2)11-13-24/h1,6,9,14H,4-5,7-8,10-13H2,2H3,(H,19,20,25). The summed E-state index contributed by atoms with van der Waals surface area (Å²) < 4.78 is 0. The first-order valence-corrected chi connectivity index (χ1v) is 8.67. The Morgan fingerprint density at radius 3 is 2.76 bits per heavy atom. The highest BCUT2D eigenvalue weighted by molar-refractivity contribution is 5.90. The second kappa shape index (κ2) is 7.62. The van der Waals surface area contributed by atoms with E-state index < -0.39 is 5.66 Å². The molecule has 1 saturated heterocycles. The molecule has 25 heavy (non-hydrogen) atoms. The molecule has 0 atom stereocenters. The molecule has 0 unspecified atom stereocenters. The molecular weight excluding hydrogens is 316 g/mol. The van der Waals surface area contributed by atoms with Crippen LogP contribution in [0.25, 0.3) is 0 Å². The number of carbonyl (C=O) groups excluding carboxylic acids is 1. The van der Waals surface area contributed by atoms with E-state index in [-0.39, 0.29) is 5.91 Å². The molecule has 7 heteroatoms. The number of anilines is 2. The predicted octanol–water partition coefficient (Wildman–Crippen LogP) is 2.13. The lowest BCUT2D eigenvalue weighted by molar-refractivity contribution is -0.116. The molecule has 0 aliphatic carbocycles. The van der Waals surface area contributed by atoms with Crippen molar-refractivity contribution in [3.05, 3.63) is 18.3 Å². The van der Waals surface area contributed by atoms with Gasteiger partial charge in [0.2, 0.25) is 5.91 Å². The number of amides is 1. The Morgan fingerprint density at radius 1 is 1.32 bits per heavy atom. The maximum absolute atomic E-state index is 12.2. The summed E-state index contributed by atoms with van der Waals surface area (Å²) in [4.78, 5) is 21.1. The summed E-state index contributed by atoms with van der Waals surface area (Å²) in [6.45, 7) is 4.04. The molecule has 1 aromatic heterocycles. The van der Waals surface area contributed by atoms with Crippen LogP contribution in [0, 0.1) is 12.3 Å². The highest BCUT2D eigenvalue weighted by Crippen LogP contribution is 2.37. The van der Waals surface area contributed by atoms with Crippen molar-refractivity contribution in [1.82, 2.24) is 9.88 Å². The Labute approximate surface area is 148 Å². The van der Waals surface area contributed by atoms with E-state index in [2.05, 4.69) is 43.3 Å². The Morgan fingerprint density at radius 2 is 2.08 bits per heavy atom. The molecule has 1 N–H and O–H groups in total. The van der Waals surface area contributed by atoms with Crippen molar-refractivity contribution in [3.63, 3.8) is 0 Å². The van der Waals surface area contributed by atoms with Crippen LogP contribution in [0.4, 0.5) is 11.5 Å². The topological polar surface area (TPSA) is 73.2 Å². The number of hydrogen-bond donors (Lipinski definition) is 1. The Kier molecular flexibility index (Phi) is 5.29. The van der Waals surface area contributed by atoms with Crippen LogP contribution >= 0.6 is 0 Å². The number of carbonyl (C=O) groups is 1. The molecule has 7 nitrogen and oxygen atoms in total. The molecule has 0 radical (unpaired) electrons. The fourth-order valence-corrected chi connectivity index (χ4v) is 2.94. The third kappa shape index (κ3) is 4.77.